The summed E-state index contributed by atoms with van der Waals surface area (Å²) in [6.45, 7) is 5.26. The third-order valence-electron chi connectivity index (χ3n) is 5.14. The third kappa shape index (κ3) is 7.44. The van der Waals surface area contributed by atoms with E-state index in [1.54, 1.807) is 31.2 Å². The van der Waals surface area contributed by atoms with Crippen LogP contribution in [0.25, 0.3) is 0 Å². The largest absolute Gasteiger partial charge is 0.497 e. The normalized spacial score (nSPS) is 12.2. The second-order valence-corrected chi connectivity index (χ2v) is 10.3. The number of ether oxygens (including phenoxy) is 1. The first-order valence-electron chi connectivity index (χ1n) is 10.9. The van der Waals surface area contributed by atoms with Crippen LogP contribution in [0.3, 0.4) is 0 Å². The lowest BCUT2D eigenvalue weighted by Crippen LogP contribution is -2.51. The van der Waals surface area contributed by atoms with Gasteiger partial charge in [0.1, 0.15) is 24.2 Å². The number of halogens is 1. The zero-order valence-corrected chi connectivity index (χ0v) is 20.9. The monoisotopic (exact) mass is 493 g/mol. The standard InChI is InChI=1S/C24H32FN3O5S/c1-17(2)14-26-24(30)18(3)27(15-19-9-8-10-20(13-19)33-4)23(29)16-28(34(5,31)32)22-12-7-6-11-21(22)25/h6-13,17-18H,14-16H2,1-5H3,(H,26,30)/t18-/m1/s1. The maximum Gasteiger partial charge on any atom is 0.244 e. The summed E-state index contributed by atoms with van der Waals surface area (Å²) in [6, 6.07) is 11.4. The van der Waals surface area contributed by atoms with Crippen LogP contribution in [0.1, 0.15) is 26.3 Å². The minimum Gasteiger partial charge on any atom is -0.497 e. The Morgan fingerprint density at radius 2 is 1.76 bits per heavy atom. The van der Waals surface area contributed by atoms with Gasteiger partial charge in [0.15, 0.2) is 0 Å². The van der Waals surface area contributed by atoms with E-state index in [4.69, 9.17) is 4.74 Å². The zero-order chi connectivity index (χ0) is 25.5. The maximum absolute atomic E-state index is 14.4. The number of benzene rings is 2. The fourth-order valence-electron chi connectivity index (χ4n) is 3.25. The predicted octanol–water partition coefficient (Wildman–Crippen LogP) is 2.79. The highest BCUT2D eigenvalue weighted by atomic mass is 32.2. The molecule has 0 radical (unpaired) electrons. The van der Waals surface area contributed by atoms with Crippen molar-refractivity contribution >= 4 is 27.5 Å². The van der Waals surface area contributed by atoms with Gasteiger partial charge < -0.3 is 15.0 Å². The van der Waals surface area contributed by atoms with E-state index in [-0.39, 0.29) is 24.1 Å². The van der Waals surface area contributed by atoms with Crippen LogP contribution in [-0.2, 0) is 26.2 Å². The van der Waals surface area contributed by atoms with Gasteiger partial charge in [0, 0.05) is 13.1 Å². The fraction of sp³-hybridized carbons (Fsp3) is 0.417. The molecule has 2 amide bonds. The van der Waals surface area contributed by atoms with Crippen molar-refractivity contribution in [1.82, 2.24) is 10.2 Å². The number of hydrogen-bond donors (Lipinski definition) is 1. The van der Waals surface area contributed by atoms with Gasteiger partial charge in [-0.1, -0.05) is 38.1 Å². The summed E-state index contributed by atoms with van der Waals surface area (Å²) in [7, 11) is -2.48. The van der Waals surface area contributed by atoms with Crippen LogP contribution in [0.5, 0.6) is 5.75 Å². The molecule has 1 N–H and O–H groups in total. The van der Waals surface area contributed by atoms with Gasteiger partial charge in [0.05, 0.1) is 19.1 Å². The Kier molecular flexibility index (Phi) is 9.43. The molecule has 0 fully saturated rings. The Hall–Kier alpha value is -3.14. The van der Waals surface area contributed by atoms with E-state index < -0.39 is 34.3 Å². The number of nitrogens with zero attached hydrogens (tertiary/aromatic N) is 2. The minimum atomic E-state index is -3.99. The van der Waals surface area contributed by atoms with E-state index in [0.29, 0.717) is 22.2 Å². The van der Waals surface area contributed by atoms with Crippen LogP contribution in [-0.4, -0.2) is 57.6 Å². The molecule has 2 aromatic rings. The molecule has 10 heteroatoms. The first kappa shape index (κ1) is 27.1. The summed E-state index contributed by atoms with van der Waals surface area (Å²) in [5, 5.41) is 2.80. The van der Waals surface area contributed by atoms with Crippen molar-refractivity contribution in [3.63, 3.8) is 0 Å². The van der Waals surface area contributed by atoms with Gasteiger partial charge in [-0.2, -0.15) is 0 Å². The summed E-state index contributed by atoms with van der Waals surface area (Å²) < 4.78 is 45.3. The van der Waals surface area contributed by atoms with Gasteiger partial charge in [-0.25, -0.2) is 12.8 Å². The van der Waals surface area contributed by atoms with Crippen molar-refractivity contribution in [2.75, 3.05) is 30.8 Å². The first-order chi connectivity index (χ1) is 15.9. The van der Waals surface area contributed by atoms with Crippen molar-refractivity contribution in [3.05, 3.63) is 59.9 Å². The van der Waals surface area contributed by atoms with Crippen molar-refractivity contribution in [3.8, 4) is 5.75 Å². The lowest BCUT2D eigenvalue weighted by atomic mass is 10.1. The summed E-state index contributed by atoms with van der Waals surface area (Å²) in [5.74, 6) is -1.01. The topological polar surface area (TPSA) is 96.0 Å². The first-order valence-corrected chi connectivity index (χ1v) is 12.7. The molecule has 1 atom stereocenters. The fourth-order valence-corrected chi connectivity index (χ4v) is 4.10. The highest BCUT2D eigenvalue weighted by molar-refractivity contribution is 7.92. The maximum atomic E-state index is 14.4. The number of anilines is 1. The molecule has 0 saturated heterocycles. The van der Waals surface area contributed by atoms with Crippen LogP contribution in [0.15, 0.2) is 48.5 Å². The Morgan fingerprint density at radius 1 is 1.09 bits per heavy atom. The highest BCUT2D eigenvalue weighted by Gasteiger charge is 2.31. The number of methoxy groups -OCH3 is 1. The molecule has 2 rings (SSSR count). The molecule has 186 valence electrons. The number of amides is 2. The molecule has 0 aliphatic rings. The van der Waals surface area contributed by atoms with E-state index in [2.05, 4.69) is 5.32 Å². The molecule has 0 unspecified atom stereocenters. The summed E-state index contributed by atoms with van der Waals surface area (Å²) in [5.41, 5.74) is 0.449. The predicted molar refractivity (Wildman–Crippen MR) is 129 cm³/mol. The Morgan fingerprint density at radius 3 is 2.35 bits per heavy atom. The van der Waals surface area contributed by atoms with Gasteiger partial charge >= 0.3 is 0 Å². The number of rotatable bonds is 11. The summed E-state index contributed by atoms with van der Waals surface area (Å²) >= 11 is 0. The summed E-state index contributed by atoms with van der Waals surface area (Å²) in [4.78, 5) is 27.5. The average molecular weight is 494 g/mol. The zero-order valence-electron chi connectivity index (χ0n) is 20.1. The second kappa shape index (κ2) is 11.8. The molecule has 0 spiro atoms. The Bertz CT molecular complexity index is 1110. The highest BCUT2D eigenvalue weighted by Crippen LogP contribution is 2.22. The van der Waals surface area contributed by atoms with E-state index in [9.17, 15) is 22.4 Å². The van der Waals surface area contributed by atoms with Gasteiger partial charge in [-0.3, -0.25) is 13.9 Å². The molecule has 2 aromatic carbocycles. The molecule has 34 heavy (non-hydrogen) atoms. The quantitative estimate of drug-likeness (QED) is 0.519. The summed E-state index contributed by atoms with van der Waals surface area (Å²) in [6.07, 6.45) is 0.901. The van der Waals surface area contributed by atoms with Gasteiger partial charge in [-0.15, -0.1) is 0 Å². The van der Waals surface area contributed by atoms with Gasteiger partial charge in [0.25, 0.3) is 0 Å². The molecule has 0 aliphatic heterocycles. The van der Waals surface area contributed by atoms with E-state index in [1.165, 1.54) is 30.2 Å². The van der Waals surface area contributed by atoms with Crippen molar-refractivity contribution < 1.29 is 27.1 Å². The lowest BCUT2D eigenvalue weighted by molar-refractivity contribution is -0.139. The second-order valence-electron chi connectivity index (χ2n) is 8.41. The SMILES string of the molecule is COc1cccc(CN(C(=O)CN(c2ccccc2F)S(C)(=O)=O)[C@H](C)C(=O)NCC(C)C)c1. The number of sulfonamides is 1. The molecule has 8 nitrogen and oxygen atoms in total. The van der Waals surface area contributed by atoms with Crippen LogP contribution in [0.2, 0.25) is 0 Å². The Labute approximate surface area is 200 Å². The van der Waals surface area contributed by atoms with Crippen LogP contribution < -0.4 is 14.4 Å². The number of hydrogen-bond acceptors (Lipinski definition) is 5. The van der Waals surface area contributed by atoms with Crippen molar-refractivity contribution in [1.29, 1.82) is 0 Å². The molecule has 0 aliphatic carbocycles. The minimum absolute atomic E-state index is 0.0289. The number of carbonyl (C=O) groups excluding carboxylic acids is 2. The molecule has 0 bridgehead atoms. The molecule has 0 saturated carbocycles. The van der Waals surface area contributed by atoms with Gasteiger partial charge in [-0.05, 0) is 42.7 Å². The van der Waals surface area contributed by atoms with E-state index in [0.717, 1.165) is 12.3 Å². The smallest absolute Gasteiger partial charge is 0.244 e. The molecular formula is C24H32FN3O5S. The van der Waals surface area contributed by atoms with E-state index >= 15 is 0 Å². The van der Waals surface area contributed by atoms with Crippen molar-refractivity contribution in [2.45, 2.75) is 33.4 Å². The van der Waals surface area contributed by atoms with Crippen LogP contribution >= 0.6 is 0 Å². The number of para-hydroxylation sites is 1. The Balaban J connectivity index is 2.39. The average Bonchev–Trinajstić information content (AvgIpc) is 2.78. The van der Waals surface area contributed by atoms with E-state index in [1.807, 2.05) is 13.8 Å². The van der Waals surface area contributed by atoms with Crippen LogP contribution in [0, 0.1) is 11.7 Å². The number of carbonyl (C=O) groups is 2. The molecule has 0 heterocycles. The van der Waals surface area contributed by atoms with Crippen molar-refractivity contribution in [2.24, 2.45) is 5.92 Å². The van der Waals surface area contributed by atoms with Crippen LogP contribution in [0.4, 0.5) is 10.1 Å². The van der Waals surface area contributed by atoms with Gasteiger partial charge in [0.2, 0.25) is 21.8 Å². The number of nitrogens with one attached hydrogen (secondary N) is 1. The molecular weight excluding hydrogens is 461 g/mol. The molecule has 0 aromatic heterocycles. The lowest BCUT2D eigenvalue weighted by Gasteiger charge is -2.31. The third-order valence-corrected chi connectivity index (χ3v) is 6.27.